The Morgan fingerprint density at radius 1 is 1.31 bits per heavy atom. The summed E-state index contributed by atoms with van der Waals surface area (Å²) in [4.78, 5) is 10.4. The molecule has 0 bridgehead atoms. The lowest BCUT2D eigenvalue weighted by molar-refractivity contribution is 0.254. The fraction of sp³-hybridized carbons (Fsp3) is 0.636. The minimum atomic E-state index is 0.122. The van der Waals surface area contributed by atoms with E-state index >= 15 is 0 Å². The molecule has 4 nitrogen and oxygen atoms in total. The van der Waals surface area contributed by atoms with Crippen molar-refractivity contribution in [2.45, 2.75) is 31.7 Å². The molecular weight excluding hydrogens is 226 g/mol. The molecule has 5 heteroatoms. The molecule has 1 saturated heterocycles. The Kier molecular flexibility index (Phi) is 3.96. The molecule has 0 radical (unpaired) electrons. The Balaban J connectivity index is 2.25. The van der Waals surface area contributed by atoms with E-state index < -0.39 is 0 Å². The third-order valence-corrected chi connectivity index (χ3v) is 3.26. The average molecular weight is 242 g/mol. The fourth-order valence-electron chi connectivity index (χ4n) is 2.15. The second-order valence-corrected chi connectivity index (χ2v) is 4.41. The number of halogens is 1. The zero-order valence-corrected chi connectivity index (χ0v) is 9.90. The van der Waals surface area contributed by atoms with E-state index in [4.69, 9.17) is 11.6 Å². The molecule has 16 heavy (non-hydrogen) atoms. The Hall–Kier alpha value is -0.870. The van der Waals surface area contributed by atoms with Crippen molar-refractivity contribution in [1.82, 2.24) is 9.97 Å². The first-order chi connectivity index (χ1) is 7.83. The van der Waals surface area contributed by atoms with Gasteiger partial charge in [0.2, 0.25) is 0 Å². The molecule has 1 aliphatic rings. The number of nitrogens with zero attached hydrogens (tertiary/aromatic N) is 3. The molecule has 0 spiro atoms. The summed E-state index contributed by atoms with van der Waals surface area (Å²) in [5, 5.41) is 9.83. The number of aromatic nitrogens is 2. The van der Waals surface area contributed by atoms with E-state index in [1.165, 1.54) is 6.42 Å². The van der Waals surface area contributed by atoms with Gasteiger partial charge in [-0.25, -0.2) is 9.97 Å². The largest absolute Gasteiger partial charge is 0.394 e. The van der Waals surface area contributed by atoms with E-state index in [1.807, 2.05) is 0 Å². The zero-order chi connectivity index (χ0) is 11.4. The number of hydrogen-bond donors (Lipinski definition) is 1. The normalized spacial score (nSPS) is 21.9. The first-order valence-electron chi connectivity index (χ1n) is 5.67. The third kappa shape index (κ3) is 2.44. The van der Waals surface area contributed by atoms with Crippen LogP contribution in [0.25, 0.3) is 0 Å². The molecule has 2 heterocycles. The monoisotopic (exact) mass is 241 g/mol. The maximum atomic E-state index is 9.41. The summed E-state index contributed by atoms with van der Waals surface area (Å²) >= 11 is 6.04. The van der Waals surface area contributed by atoms with Crippen molar-refractivity contribution in [3.8, 4) is 0 Å². The van der Waals surface area contributed by atoms with Crippen LogP contribution in [0.3, 0.4) is 0 Å². The van der Waals surface area contributed by atoms with Crippen LogP contribution in [-0.2, 0) is 0 Å². The highest BCUT2D eigenvalue weighted by Gasteiger charge is 2.23. The van der Waals surface area contributed by atoms with Gasteiger partial charge in [0.1, 0.15) is 0 Å². The smallest absolute Gasteiger partial charge is 0.171 e. The van der Waals surface area contributed by atoms with E-state index in [2.05, 4.69) is 14.9 Å². The molecule has 1 atom stereocenters. The molecule has 0 amide bonds. The van der Waals surface area contributed by atoms with E-state index in [1.54, 1.807) is 12.4 Å². The van der Waals surface area contributed by atoms with Crippen LogP contribution in [0, 0.1) is 0 Å². The zero-order valence-electron chi connectivity index (χ0n) is 9.14. The van der Waals surface area contributed by atoms with Gasteiger partial charge in [-0.05, 0) is 12.8 Å². The van der Waals surface area contributed by atoms with Crippen LogP contribution in [0.1, 0.15) is 25.7 Å². The number of aliphatic hydroxyl groups excluding tert-OH is 1. The van der Waals surface area contributed by atoms with Gasteiger partial charge in [0, 0.05) is 18.9 Å². The van der Waals surface area contributed by atoms with Gasteiger partial charge in [0.25, 0.3) is 0 Å². The van der Waals surface area contributed by atoms with Crippen LogP contribution >= 0.6 is 11.6 Å². The second kappa shape index (κ2) is 5.46. The summed E-state index contributed by atoms with van der Waals surface area (Å²) in [6, 6.07) is 0.122. The van der Waals surface area contributed by atoms with Crippen LogP contribution in [0.5, 0.6) is 0 Å². The Morgan fingerprint density at radius 2 is 2.12 bits per heavy atom. The predicted octanol–water partition coefficient (Wildman–Crippen LogP) is 1.87. The quantitative estimate of drug-likeness (QED) is 0.859. The van der Waals surface area contributed by atoms with Crippen molar-refractivity contribution in [2.75, 3.05) is 18.1 Å². The average Bonchev–Trinajstić information content (AvgIpc) is 2.54. The lowest BCUT2D eigenvalue weighted by Gasteiger charge is -2.29. The van der Waals surface area contributed by atoms with Gasteiger partial charge in [-0.2, -0.15) is 0 Å². The first-order valence-corrected chi connectivity index (χ1v) is 6.04. The second-order valence-electron chi connectivity index (χ2n) is 4.05. The van der Waals surface area contributed by atoms with Gasteiger partial charge < -0.3 is 10.0 Å². The molecule has 0 aliphatic carbocycles. The third-order valence-electron chi connectivity index (χ3n) is 3.00. The van der Waals surface area contributed by atoms with E-state index in [0.717, 1.165) is 25.8 Å². The summed E-state index contributed by atoms with van der Waals surface area (Å²) in [6.07, 6.45) is 7.68. The molecule has 0 saturated carbocycles. The van der Waals surface area contributed by atoms with Crippen LogP contribution in [-0.4, -0.2) is 34.3 Å². The first kappa shape index (κ1) is 11.6. The maximum Gasteiger partial charge on any atom is 0.171 e. The Bertz CT molecular complexity index is 348. The lowest BCUT2D eigenvalue weighted by Crippen LogP contribution is -2.38. The van der Waals surface area contributed by atoms with Crippen molar-refractivity contribution in [1.29, 1.82) is 0 Å². The van der Waals surface area contributed by atoms with E-state index in [0.29, 0.717) is 11.0 Å². The van der Waals surface area contributed by atoms with Crippen LogP contribution in [0.15, 0.2) is 12.4 Å². The molecule has 1 aliphatic heterocycles. The topological polar surface area (TPSA) is 49.2 Å². The van der Waals surface area contributed by atoms with Crippen LogP contribution in [0.4, 0.5) is 5.82 Å². The molecule has 1 unspecified atom stereocenters. The molecular formula is C11H16ClN3O. The van der Waals surface area contributed by atoms with Crippen LogP contribution in [0.2, 0.25) is 5.15 Å². The number of rotatable bonds is 2. The Morgan fingerprint density at radius 3 is 2.88 bits per heavy atom. The molecule has 1 aromatic rings. The van der Waals surface area contributed by atoms with Crippen molar-refractivity contribution >= 4 is 17.4 Å². The minimum Gasteiger partial charge on any atom is -0.394 e. The van der Waals surface area contributed by atoms with Gasteiger partial charge in [-0.1, -0.05) is 24.4 Å². The summed E-state index contributed by atoms with van der Waals surface area (Å²) < 4.78 is 0. The van der Waals surface area contributed by atoms with Gasteiger partial charge in [-0.3, -0.25) is 0 Å². The summed E-state index contributed by atoms with van der Waals surface area (Å²) in [5.74, 6) is 0.699. The van der Waals surface area contributed by atoms with Crippen molar-refractivity contribution < 1.29 is 5.11 Å². The molecule has 2 rings (SSSR count). The summed E-state index contributed by atoms with van der Waals surface area (Å²) in [5.41, 5.74) is 0. The summed E-state index contributed by atoms with van der Waals surface area (Å²) in [7, 11) is 0. The molecule has 88 valence electrons. The molecule has 1 fully saturated rings. The Labute approximate surface area is 100 Å². The number of anilines is 1. The lowest BCUT2D eigenvalue weighted by atomic mass is 10.1. The van der Waals surface area contributed by atoms with E-state index in [-0.39, 0.29) is 12.6 Å². The minimum absolute atomic E-state index is 0.122. The van der Waals surface area contributed by atoms with Gasteiger partial charge >= 0.3 is 0 Å². The van der Waals surface area contributed by atoms with Crippen molar-refractivity contribution in [3.05, 3.63) is 17.5 Å². The number of aliphatic hydroxyl groups is 1. The maximum absolute atomic E-state index is 9.41. The molecule has 1 aromatic heterocycles. The van der Waals surface area contributed by atoms with Gasteiger partial charge in [0.05, 0.1) is 12.6 Å². The fourth-order valence-corrected chi connectivity index (χ4v) is 2.37. The SMILES string of the molecule is OCC1CCCCCN1c1nccnc1Cl. The summed E-state index contributed by atoms with van der Waals surface area (Å²) in [6.45, 7) is 1.04. The highest BCUT2D eigenvalue weighted by Crippen LogP contribution is 2.26. The molecule has 0 aromatic carbocycles. The number of hydrogen-bond acceptors (Lipinski definition) is 4. The predicted molar refractivity (Wildman–Crippen MR) is 63.7 cm³/mol. The van der Waals surface area contributed by atoms with Crippen molar-refractivity contribution in [2.24, 2.45) is 0 Å². The van der Waals surface area contributed by atoms with Crippen LogP contribution < -0.4 is 4.90 Å². The standard InChI is InChI=1S/C11H16ClN3O/c12-10-11(14-6-5-13-10)15-7-3-1-2-4-9(15)8-16/h5-6,9,16H,1-4,7-8H2. The highest BCUT2D eigenvalue weighted by molar-refractivity contribution is 6.31. The van der Waals surface area contributed by atoms with E-state index in [9.17, 15) is 5.11 Å². The van der Waals surface area contributed by atoms with Gasteiger partial charge in [0.15, 0.2) is 11.0 Å². The highest BCUT2D eigenvalue weighted by atomic mass is 35.5. The van der Waals surface area contributed by atoms with Crippen molar-refractivity contribution in [3.63, 3.8) is 0 Å². The van der Waals surface area contributed by atoms with Gasteiger partial charge in [-0.15, -0.1) is 0 Å². The molecule has 1 N–H and O–H groups in total.